The van der Waals surface area contributed by atoms with Crippen molar-refractivity contribution in [3.8, 4) is 5.75 Å². The van der Waals surface area contributed by atoms with Gasteiger partial charge in [0.15, 0.2) is 0 Å². The fourth-order valence-corrected chi connectivity index (χ4v) is 2.30. The van der Waals surface area contributed by atoms with Crippen molar-refractivity contribution < 1.29 is 9.53 Å². The van der Waals surface area contributed by atoms with Gasteiger partial charge in [-0.1, -0.05) is 43.8 Å². The van der Waals surface area contributed by atoms with Crippen LogP contribution in [0.1, 0.15) is 18.9 Å². The lowest BCUT2D eigenvalue weighted by Crippen LogP contribution is -2.24. The first-order valence-electron chi connectivity index (χ1n) is 7.18. The molecule has 2 aromatic rings. The Morgan fingerprint density at radius 1 is 1.29 bits per heavy atom. The number of nitrogens with zero attached hydrogens (tertiary/aromatic N) is 1. The Hall–Kier alpha value is -2.29. The molecule has 21 heavy (non-hydrogen) atoms. The number of fused-ring (bicyclic) bond motifs is 1. The smallest absolute Gasteiger partial charge is 0.245 e. The molecule has 0 bridgehead atoms. The van der Waals surface area contributed by atoms with Gasteiger partial charge in [0.05, 0.1) is 6.61 Å². The van der Waals surface area contributed by atoms with Crippen LogP contribution in [-0.4, -0.2) is 24.5 Å². The van der Waals surface area contributed by atoms with E-state index in [1.54, 1.807) is 11.9 Å². The molecule has 0 saturated carbocycles. The zero-order valence-electron chi connectivity index (χ0n) is 12.6. The summed E-state index contributed by atoms with van der Waals surface area (Å²) in [4.78, 5) is 13.4. The summed E-state index contributed by atoms with van der Waals surface area (Å²) >= 11 is 0. The second kappa shape index (κ2) is 6.93. The van der Waals surface area contributed by atoms with Crippen molar-refractivity contribution in [2.75, 3.05) is 13.7 Å². The number of rotatable bonds is 6. The van der Waals surface area contributed by atoms with Crippen LogP contribution in [0.15, 0.2) is 49.1 Å². The Morgan fingerprint density at radius 3 is 2.76 bits per heavy atom. The van der Waals surface area contributed by atoms with Crippen molar-refractivity contribution >= 4 is 16.7 Å². The van der Waals surface area contributed by atoms with Crippen molar-refractivity contribution in [1.29, 1.82) is 0 Å². The minimum Gasteiger partial charge on any atom is -0.493 e. The van der Waals surface area contributed by atoms with Gasteiger partial charge in [-0.25, -0.2) is 0 Å². The Labute approximate surface area is 125 Å². The molecule has 2 rings (SSSR count). The first-order chi connectivity index (χ1) is 10.2. The zero-order valence-corrected chi connectivity index (χ0v) is 12.6. The van der Waals surface area contributed by atoms with Gasteiger partial charge in [-0.2, -0.15) is 0 Å². The Morgan fingerprint density at radius 2 is 2.05 bits per heavy atom. The van der Waals surface area contributed by atoms with Crippen LogP contribution in [0.4, 0.5) is 0 Å². The van der Waals surface area contributed by atoms with E-state index in [0.29, 0.717) is 13.2 Å². The second-order valence-corrected chi connectivity index (χ2v) is 5.01. The molecule has 0 spiro atoms. The van der Waals surface area contributed by atoms with E-state index < -0.39 is 0 Å². The molecule has 0 aromatic heterocycles. The minimum absolute atomic E-state index is 0.0932. The predicted molar refractivity (Wildman–Crippen MR) is 86.4 cm³/mol. The van der Waals surface area contributed by atoms with Crippen LogP contribution in [0, 0.1) is 0 Å². The van der Waals surface area contributed by atoms with E-state index in [0.717, 1.165) is 28.5 Å². The number of hydrogen-bond acceptors (Lipinski definition) is 2. The van der Waals surface area contributed by atoms with E-state index in [1.165, 1.54) is 6.08 Å². The summed E-state index contributed by atoms with van der Waals surface area (Å²) in [6.07, 6.45) is 2.28. The molecule has 2 aromatic carbocycles. The largest absolute Gasteiger partial charge is 0.493 e. The van der Waals surface area contributed by atoms with Crippen molar-refractivity contribution in [2.24, 2.45) is 0 Å². The van der Waals surface area contributed by atoms with Crippen LogP contribution in [-0.2, 0) is 11.3 Å². The molecule has 3 heteroatoms. The molecule has 0 aliphatic rings. The van der Waals surface area contributed by atoms with Gasteiger partial charge in [0.1, 0.15) is 5.75 Å². The van der Waals surface area contributed by atoms with Crippen molar-refractivity contribution in [3.05, 3.63) is 54.6 Å². The summed E-state index contributed by atoms with van der Waals surface area (Å²) in [6.45, 7) is 6.79. The molecule has 0 saturated heterocycles. The van der Waals surface area contributed by atoms with Gasteiger partial charge >= 0.3 is 0 Å². The van der Waals surface area contributed by atoms with Crippen LogP contribution < -0.4 is 4.74 Å². The van der Waals surface area contributed by atoms with Crippen LogP contribution in [0.3, 0.4) is 0 Å². The van der Waals surface area contributed by atoms with E-state index in [-0.39, 0.29) is 5.91 Å². The third-order valence-corrected chi connectivity index (χ3v) is 3.41. The molecule has 0 atom stereocenters. The number of carbonyl (C=O) groups excluding carboxylic acids is 1. The number of carbonyl (C=O) groups is 1. The molecule has 0 fully saturated rings. The third kappa shape index (κ3) is 3.43. The minimum atomic E-state index is -0.0932. The highest BCUT2D eigenvalue weighted by atomic mass is 16.5. The average molecular weight is 283 g/mol. The van der Waals surface area contributed by atoms with Crippen molar-refractivity contribution in [2.45, 2.75) is 19.9 Å². The average Bonchev–Trinajstić information content (AvgIpc) is 2.53. The number of likely N-dealkylation sites (N-methyl/N-ethyl adjacent to an activating group) is 1. The van der Waals surface area contributed by atoms with Crippen LogP contribution in [0.5, 0.6) is 5.75 Å². The molecular formula is C18H21NO2. The summed E-state index contributed by atoms with van der Waals surface area (Å²) in [5, 5.41) is 2.27. The first-order valence-corrected chi connectivity index (χ1v) is 7.18. The number of ether oxygens (including phenoxy) is 1. The second-order valence-electron chi connectivity index (χ2n) is 5.01. The topological polar surface area (TPSA) is 29.5 Å². The van der Waals surface area contributed by atoms with Crippen LogP contribution in [0.25, 0.3) is 10.8 Å². The lowest BCUT2D eigenvalue weighted by atomic mass is 10.0. The lowest BCUT2D eigenvalue weighted by molar-refractivity contribution is -0.125. The molecule has 0 unspecified atom stereocenters. The van der Waals surface area contributed by atoms with Gasteiger partial charge in [0.25, 0.3) is 0 Å². The zero-order chi connectivity index (χ0) is 15.2. The maximum absolute atomic E-state index is 11.7. The highest BCUT2D eigenvalue weighted by Crippen LogP contribution is 2.29. The molecule has 0 aliphatic heterocycles. The fourth-order valence-electron chi connectivity index (χ4n) is 2.30. The van der Waals surface area contributed by atoms with Gasteiger partial charge in [0.2, 0.25) is 5.91 Å². The van der Waals surface area contributed by atoms with Gasteiger partial charge in [-0.3, -0.25) is 4.79 Å². The number of amides is 1. The van der Waals surface area contributed by atoms with E-state index in [1.807, 2.05) is 18.2 Å². The highest BCUT2D eigenvalue weighted by Gasteiger charge is 2.13. The highest BCUT2D eigenvalue weighted by molar-refractivity contribution is 5.90. The van der Waals surface area contributed by atoms with E-state index in [2.05, 4.69) is 31.7 Å². The van der Waals surface area contributed by atoms with Crippen molar-refractivity contribution in [1.82, 2.24) is 4.90 Å². The van der Waals surface area contributed by atoms with E-state index in [4.69, 9.17) is 4.74 Å². The summed E-state index contributed by atoms with van der Waals surface area (Å²) in [7, 11) is 1.77. The van der Waals surface area contributed by atoms with Gasteiger partial charge in [-0.05, 0) is 29.3 Å². The maximum Gasteiger partial charge on any atom is 0.245 e. The molecule has 110 valence electrons. The normalized spacial score (nSPS) is 10.4. The predicted octanol–water partition coefficient (Wildman–Crippen LogP) is 3.77. The SMILES string of the molecule is C=CC(=O)N(C)Cc1c(OCCC)ccc2ccccc12. The van der Waals surface area contributed by atoms with Gasteiger partial charge in [-0.15, -0.1) is 0 Å². The van der Waals surface area contributed by atoms with Gasteiger partial charge < -0.3 is 9.64 Å². The summed E-state index contributed by atoms with van der Waals surface area (Å²) in [5.41, 5.74) is 1.04. The van der Waals surface area contributed by atoms with E-state index >= 15 is 0 Å². The van der Waals surface area contributed by atoms with Crippen LogP contribution >= 0.6 is 0 Å². The summed E-state index contributed by atoms with van der Waals surface area (Å²) < 4.78 is 5.84. The van der Waals surface area contributed by atoms with Gasteiger partial charge in [0, 0.05) is 19.2 Å². The molecule has 1 amide bonds. The summed E-state index contributed by atoms with van der Waals surface area (Å²) in [5.74, 6) is 0.753. The lowest BCUT2D eigenvalue weighted by Gasteiger charge is -2.20. The Balaban J connectivity index is 2.44. The maximum atomic E-state index is 11.7. The fraction of sp³-hybridized carbons (Fsp3) is 0.278. The monoisotopic (exact) mass is 283 g/mol. The summed E-state index contributed by atoms with van der Waals surface area (Å²) in [6, 6.07) is 12.2. The molecule has 0 aliphatic carbocycles. The standard InChI is InChI=1S/C18H21NO2/c1-4-12-21-17-11-10-14-8-6-7-9-15(14)16(17)13-19(3)18(20)5-2/h5-11H,2,4,12-13H2,1,3H3. The Kier molecular flexibility index (Phi) is 4.99. The number of hydrogen-bond donors (Lipinski definition) is 0. The van der Waals surface area contributed by atoms with Crippen molar-refractivity contribution in [3.63, 3.8) is 0 Å². The molecule has 3 nitrogen and oxygen atoms in total. The van der Waals surface area contributed by atoms with Crippen LogP contribution in [0.2, 0.25) is 0 Å². The molecule has 0 radical (unpaired) electrons. The Bertz CT molecular complexity index is 649. The third-order valence-electron chi connectivity index (χ3n) is 3.41. The molecular weight excluding hydrogens is 262 g/mol. The number of benzene rings is 2. The molecule has 0 N–H and O–H groups in total. The molecule has 0 heterocycles. The first kappa shape index (κ1) is 15.1. The van der Waals surface area contributed by atoms with E-state index in [9.17, 15) is 4.79 Å². The quantitative estimate of drug-likeness (QED) is 0.755.